The van der Waals surface area contributed by atoms with Crippen LogP contribution in [0.2, 0.25) is 0 Å². The first-order valence-corrected chi connectivity index (χ1v) is 6.32. The highest BCUT2D eigenvalue weighted by molar-refractivity contribution is 5.98. The zero-order valence-electron chi connectivity index (χ0n) is 10.4. The average Bonchev–Trinajstić information content (AvgIpc) is 3.19. The van der Waals surface area contributed by atoms with E-state index in [1.165, 1.54) is 5.56 Å². The number of hydrogen-bond acceptors (Lipinski definition) is 3. The number of rotatable bonds is 3. The van der Waals surface area contributed by atoms with Gasteiger partial charge in [-0.15, -0.1) is 0 Å². The SMILES string of the molecule is Nc1ncccc1C(=O)N[C@H]1C[C@@H]1c1ccccc1. The van der Waals surface area contributed by atoms with E-state index < -0.39 is 0 Å². The van der Waals surface area contributed by atoms with Crippen LogP contribution in [0.4, 0.5) is 5.82 Å². The Morgan fingerprint density at radius 2 is 2.00 bits per heavy atom. The minimum atomic E-state index is -0.144. The van der Waals surface area contributed by atoms with Crippen LogP contribution in [0.5, 0.6) is 0 Å². The second kappa shape index (κ2) is 4.72. The number of nitrogens with zero attached hydrogens (tertiary/aromatic N) is 1. The molecule has 1 aromatic carbocycles. The van der Waals surface area contributed by atoms with Crippen molar-refractivity contribution in [2.45, 2.75) is 18.4 Å². The molecule has 3 rings (SSSR count). The summed E-state index contributed by atoms with van der Waals surface area (Å²) >= 11 is 0. The van der Waals surface area contributed by atoms with Gasteiger partial charge in [-0.2, -0.15) is 0 Å². The van der Waals surface area contributed by atoms with Crippen LogP contribution in [0.3, 0.4) is 0 Å². The molecule has 1 saturated carbocycles. The van der Waals surface area contributed by atoms with E-state index >= 15 is 0 Å². The van der Waals surface area contributed by atoms with Gasteiger partial charge >= 0.3 is 0 Å². The van der Waals surface area contributed by atoms with E-state index in [4.69, 9.17) is 5.73 Å². The van der Waals surface area contributed by atoms with Crippen molar-refractivity contribution in [2.24, 2.45) is 0 Å². The van der Waals surface area contributed by atoms with E-state index in [1.807, 2.05) is 18.2 Å². The van der Waals surface area contributed by atoms with Crippen molar-refractivity contribution in [3.8, 4) is 0 Å². The molecule has 1 aliphatic rings. The van der Waals surface area contributed by atoms with Crippen molar-refractivity contribution in [3.63, 3.8) is 0 Å². The highest BCUT2D eigenvalue weighted by atomic mass is 16.1. The molecule has 0 unspecified atom stereocenters. The Hall–Kier alpha value is -2.36. The Morgan fingerprint density at radius 1 is 1.21 bits per heavy atom. The second-order valence-corrected chi connectivity index (χ2v) is 4.77. The fourth-order valence-corrected chi connectivity index (χ4v) is 2.28. The first-order valence-electron chi connectivity index (χ1n) is 6.32. The number of anilines is 1. The molecular weight excluding hydrogens is 238 g/mol. The molecule has 0 bridgehead atoms. The normalized spacial score (nSPS) is 20.8. The van der Waals surface area contributed by atoms with Gasteiger partial charge < -0.3 is 11.1 Å². The Kier molecular flexibility index (Phi) is 2.91. The molecule has 3 N–H and O–H groups in total. The molecule has 2 aromatic rings. The molecule has 19 heavy (non-hydrogen) atoms. The van der Waals surface area contributed by atoms with Crippen molar-refractivity contribution >= 4 is 11.7 Å². The van der Waals surface area contributed by atoms with Crippen LogP contribution in [-0.2, 0) is 0 Å². The Morgan fingerprint density at radius 3 is 2.74 bits per heavy atom. The topological polar surface area (TPSA) is 68.0 Å². The number of nitrogen functional groups attached to an aromatic ring is 1. The van der Waals surface area contributed by atoms with Crippen molar-refractivity contribution in [2.75, 3.05) is 5.73 Å². The van der Waals surface area contributed by atoms with Gasteiger partial charge in [-0.1, -0.05) is 30.3 Å². The molecule has 0 radical (unpaired) electrons. The van der Waals surface area contributed by atoms with Crippen molar-refractivity contribution in [1.29, 1.82) is 0 Å². The number of nitrogens with two attached hydrogens (primary N) is 1. The van der Waals surface area contributed by atoms with Crippen molar-refractivity contribution in [1.82, 2.24) is 10.3 Å². The minimum Gasteiger partial charge on any atom is -0.383 e. The summed E-state index contributed by atoms with van der Waals surface area (Å²) in [5.74, 6) is 0.550. The number of aromatic nitrogens is 1. The maximum Gasteiger partial charge on any atom is 0.255 e. The summed E-state index contributed by atoms with van der Waals surface area (Å²) in [6, 6.07) is 13.8. The molecule has 0 spiro atoms. The third-order valence-electron chi connectivity index (χ3n) is 3.42. The van der Waals surface area contributed by atoms with Crippen LogP contribution < -0.4 is 11.1 Å². The summed E-state index contributed by atoms with van der Waals surface area (Å²) in [6.45, 7) is 0. The Labute approximate surface area is 111 Å². The molecule has 1 fully saturated rings. The molecule has 4 heteroatoms. The van der Waals surface area contributed by atoms with Crippen LogP contribution in [0.15, 0.2) is 48.7 Å². The van der Waals surface area contributed by atoms with Gasteiger partial charge in [0.05, 0.1) is 5.56 Å². The van der Waals surface area contributed by atoms with Gasteiger partial charge in [0.2, 0.25) is 0 Å². The second-order valence-electron chi connectivity index (χ2n) is 4.77. The highest BCUT2D eigenvalue weighted by Crippen LogP contribution is 2.40. The van der Waals surface area contributed by atoms with Crippen LogP contribution in [0, 0.1) is 0 Å². The molecule has 1 amide bonds. The molecule has 96 valence electrons. The predicted molar refractivity (Wildman–Crippen MR) is 73.7 cm³/mol. The number of carbonyl (C=O) groups is 1. The smallest absolute Gasteiger partial charge is 0.255 e. The van der Waals surface area contributed by atoms with Gasteiger partial charge in [0, 0.05) is 18.2 Å². The van der Waals surface area contributed by atoms with E-state index in [-0.39, 0.29) is 17.8 Å². The summed E-state index contributed by atoms with van der Waals surface area (Å²) < 4.78 is 0. The molecule has 4 nitrogen and oxygen atoms in total. The maximum absolute atomic E-state index is 12.1. The quantitative estimate of drug-likeness (QED) is 0.878. The molecule has 1 aromatic heterocycles. The summed E-state index contributed by atoms with van der Waals surface area (Å²) in [5, 5.41) is 3.00. The van der Waals surface area contributed by atoms with Crippen molar-refractivity contribution in [3.05, 3.63) is 59.8 Å². The van der Waals surface area contributed by atoms with Gasteiger partial charge in [0.1, 0.15) is 5.82 Å². The van der Waals surface area contributed by atoms with Gasteiger partial charge in [0.15, 0.2) is 0 Å². The molecular formula is C15H15N3O. The standard InChI is InChI=1S/C15H15N3O/c16-14-11(7-4-8-17-14)15(19)18-13-9-12(13)10-5-2-1-3-6-10/h1-8,12-13H,9H2,(H2,16,17)(H,18,19)/t12-,13+/m1/s1. The van der Waals surface area contributed by atoms with E-state index in [0.717, 1.165) is 6.42 Å². The summed E-state index contributed by atoms with van der Waals surface area (Å²) in [5.41, 5.74) is 7.41. The van der Waals surface area contributed by atoms with E-state index in [1.54, 1.807) is 18.3 Å². The fraction of sp³-hybridized carbons (Fsp3) is 0.200. The van der Waals surface area contributed by atoms with E-state index in [2.05, 4.69) is 22.4 Å². The molecule has 1 aliphatic carbocycles. The highest BCUT2D eigenvalue weighted by Gasteiger charge is 2.39. The molecule has 0 saturated heterocycles. The van der Waals surface area contributed by atoms with Crippen LogP contribution in [0.1, 0.15) is 28.3 Å². The van der Waals surface area contributed by atoms with Crippen LogP contribution in [0.25, 0.3) is 0 Å². The average molecular weight is 253 g/mol. The maximum atomic E-state index is 12.1. The zero-order valence-corrected chi connectivity index (χ0v) is 10.4. The third kappa shape index (κ3) is 2.42. The number of hydrogen-bond donors (Lipinski definition) is 2. The lowest BCUT2D eigenvalue weighted by atomic mass is 10.1. The van der Waals surface area contributed by atoms with Gasteiger partial charge in [0.25, 0.3) is 5.91 Å². The molecule has 1 heterocycles. The monoisotopic (exact) mass is 253 g/mol. The predicted octanol–water partition coefficient (Wildman–Crippen LogP) is 1.95. The number of pyridine rings is 1. The van der Waals surface area contributed by atoms with Crippen LogP contribution >= 0.6 is 0 Å². The van der Waals surface area contributed by atoms with E-state index in [9.17, 15) is 4.79 Å². The first-order chi connectivity index (χ1) is 9.25. The third-order valence-corrected chi connectivity index (χ3v) is 3.42. The van der Waals surface area contributed by atoms with Gasteiger partial charge in [-0.3, -0.25) is 4.79 Å². The number of benzene rings is 1. The summed E-state index contributed by atoms with van der Waals surface area (Å²) in [4.78, 5) is 16.0. The first kappa shape index (κ1) is 11.7. The summed E-state index contributed by atoms with van der Waals surface area (Å²) in [7, 11) is 0. The minimum absolute atomic E-state index is 0.144. The molecule has 0 aliphatic heterocycles. The Bertz CT molecular complexity index is 597. The van der Waals surface area contributed by atoms with Crippen LogP contribution in [-0.4, -0.2) is 16.9 Å². The summed E-state index contributed by atoms with van der Waals surface area (Å²) in [6.07, 6.45) is 2.56. The van der Waals surface area contributed by atoms with Gasteiger partial charge in [-0.05, 0) is 24.1 Å². The lowest BCUT2D eigenvalue weighted by Gasteiger charge is -2.06. The van der Waals surface area contributed by atoms with E-state index in [0.29, 0.717) is 11.5 Å². The molecule has 2 atom stereocenters. The lowest BCUT2D eigenvalue weighted by Crippen LogP contribution is -2.27. The Balaban J connectivity index is 1.66. The lowest BCUT2D eigenvalue weighted by molar-refractivity contribution is 0.0951. The number of carbonyl (C=O) groups excluding carboxylic acids is 1. The number of amides is 1. The number of nitrogens with one attached hydrogen (secondary N) is 1. The van der Waals surface area contributed by atoms with Gasteiger partial charge in [-0.25, -0.2) is 4.98 Å². The zero-order chi connectivity index (χ0) is 13.2. The van der Waals surface area contributed by atoms with Crippen molar-refractivity contribution < 1.29 is 4.79 Å². The largest absolute Gasteiger partial charge is 0.383 e. The fourth-order valence-electron chi connectivity index (χ4n) is 2.28.